The molecule has 0 aliphatic heterocycles. The van der Waals surface area contributed by atoms with Crippen LogP contribution in [0.2, 0.25) is 5.02 Å². The zero-order chi connectivity index (χ0) is 11.3. The third kappa shape index (κ3) is 4.24. The number of hydroxylamine groups is 1. The highest BCUT2D eigenvalue weighted by Gasteiger charge is 2.02. The Morgan fingerprint density at radius 2 is 2.33 bits per heavy atom. The number of nitrogens with one attached hydrogen (secondary N) is 1. The number of halogens is 2. The van der Waals surface area contributed by atoms with Gasteiger partial charge in [-0.2, -0.15) is 5.48 Å². The molecule has 0 saturated carbocycles. The van der Waals surface area contributed by atoms with Crippen molar-refractivity contribution < 1.29 is 14.0 Å². The Kier molecular flexibility index (Phi) is 4.48. The average molecular weight is 233 g/mol. The van der Waals surface area contributed by atoms with Gasteiger partial charge in [0.15, 0.2) is 0 Å². The van der Waals surface area contributed by atoms with Crippen LogP contribution in [0.5, 0.6) is 0 Å². The third-order valence-corrected chi connectivity index (χ3v) is 1.82. The summed E-state index contributed by atoms with van der Waals surface area (Å²) in [7, 11) is 0. The largest absolute Gasteiger partial charge is 0.368 e. The lowest BCUT2D eigenvalue weighted by molar-refractivity contribution is -0.125. The van der Waals surface area contributed by atoms with Gasteiger partial charge < -0.3 is 5.73 Å². The van der Waals surface area contributed by atoms with Gasteiger partial charge >= 0.3 is 0 Å². The van der Waals surface area contributed by atoms with Gasteiger partial charge in [-0.25, -0.2) is 4.39 Å². The number of primary amides is 1. The molecule has 0 bridgehead atoms. The first kappa shape index (κ1) is 11.9. The molecule has 1 aromatic carbocycles. The summed E-state index contributed by atoms with van der Waals surface area (Å²) in [4.78, 5) is 15.0. The second-order valence-corrected chi connectivity index (χ2v) is 3.25. The summed E-state index contributed by atoms with van der Waals surface area (Å²) in [6.07, 6.45) is 0. The van der Waals surface area contributed by atoms with Crippen LogP contribution in [0.3, 0.4) is 0 Å². The maximum atomic E-state index is 13.1. The summed E-state index contributed by atoms with van der Waals surface area (Å²) in [6, 6.07) is 4.18. The molecule has 4 nitrogen and oxygen atoms in total. The van der Waals surface area contributed by atoms with Gasteiger partial charge in [0, 0.05) is 17.1 Å². The van der Waals surface area contributed by atoms with E-state index in [0.717, 1.165) is 0 Å². The highest BCUT2D eigenvalue weighted by atomic mass is 35.5. The Labute approximate surface area is 91.1 Å². The zero-order valence-electron chi connectivity index (χ0n) is 7.80. The number of nitrogens with two attached hydrogens (primary N) is 1. The molecular weight excluding hydrogens is 223 g/mol. The molecule has 0 aromatic heterocycles. The van der Waals surface area contributed by atoms with Gasteiger partial charge in [0.2, 0.25) is 5.91 Å². The molecule has 82 valence electrons. The van der Waals surface area contributed by atoms with Crippen molar-refractivity contribution in [1.82, 2.24) is 5.48 Å². The summed E-state index contributed by atoms with van der Waals surface area (Å²) in [6.45, 7) is -0.151. The second-order valence-electron chi connectivity index (χ2n) is 2.81. The number of rotatable bonds is 5. The van der Waals surface area contributed by atoms with Crippen LogP contribution in [0.1, 0.15) is 5.56 Å². The van der Waals surface area contributed by atoms with Gasteiger partial charge in [-0.05, 0) is 18.2 Å². The quantitative estimate of drug-likeness (QED) is 0.588. The van der Waals surface area contributed by atoms with Gasteiger partial charge in [-0.15, -0.1) is 0 Å². The van der Waals surface area contributed by atoms with Crippen LogP contribution >= 0.6 is 11.6 Å². The molecule has 0 atom stereocenters. The van der Waals surface area contributed by atoms with E-state index >= 15 is 0 Å². The highest BCUT2D eigenvalue weighted by Crippen LogP contribution is 2.14. The SMILES string of the molecule is NC(=O)CONCc1cc(Cl)ccc1F. The molecular formula is C9H10ClFN2O2. The van der Waals surface area contributed by atoms with Crippen molar-refractivity contribution in [2.45, 2.75) is 6.54 Å². The molecule has 0 heterocycles. The highest BCUT2D eigenvalue weighted by molar-refractivity contribution is 6.30. The lowest BCUT2D eigenvalue weighted by atomic mass is 10.2. The third-order valence-electron chi connectivity index (χ3n) is 1.59. The summed E-state index contributed by atoms with van der Waals surface area (Å²) in [5, 5.41) is 0.433. The maximum Gasteiger partial charge on any atom is 0.245 e. The molecule has 0 spiro atoms. The van der Waals surface area contributed by atoms with Crippen LogP contribution in [0.15, 0.2) is 18.2 Å². The van der Waals surface area contributed by atoms with Crippen molar-refractivity contribution >= 4 is 17.5 Å². The topological polar surface area (TPSA) is 64.4 Å². The first-order valence-corrected chi connectivity index (χ1v) is 4.54. The molecule has 1 aromatic rings. The van der Waals surface area contributed by atoms with Crippen molar-refractivity contribution in [1.29, 1.82) is 0 Å². The van der Waals surface area contributed by atoms with Crippen molar-refractivity contribution in [3.63, 3.8) is 0 Å². The molecule has 6 heteroatoms. The van der Waals surface area contributed by atoms with Crippen LogP contribution in [0.4, 0.5) is 4.39 Å². The lowest BCUT2D eigenvalue weighted by Gasteiger charge is -2.05. The predicted molar refractivity (Wildman–Crippen MR) is 53.4 cm³/mol. The van der Waals surface area contributed by atoms with Crippen LogP contribution in [-0.4, -0.2) is 12.5 Å². The fraction of sp³-hybridized carbons (Fsp3) is 0.222. The van der Waals surface area contributed by atoms with Crippen LogP contribution < -0.4 is 11.2 Å². The molecule has 0 aliphatic rings. The van der Waals surface area contributed by atoms with Gasteiger partial charge in [0.1, 0.15) is 12.4 Å². The van der Waals surface area contributed by atoms with E-state index in [1.807, 2.05) is 0 Å². The molecule has 0 radical (unpaired) electrons. The Morgan fingerprint density at radius 3 is 3.00 bits per heavy atom. The summed E-state index contributed by atoms with van der Waals surface area (Å²) in [5.74, 6) is -0.997. The first-order chi connectivity index (χ1) is 7.09. The van der Waals surface area contributed by atoms with E-state index in [1.54, 1.807) is 0 Å². The molecule has 0 unspecified atom stereocenters. The summed E-state index contributed by atoms with van der Waals surface area (Å²) in [5.41, 5.74) is 7.58. The van der Waals surface area contributed by atoms with Gasteiger partial charge in [-0.1, -0.05) is 11.6 Å². The fourth-order valence-electron chi connectivity index (χ4n) is 0.930. The van der Waals surface area contributed by atoms with E-state index in [9.17, 15) is 9.18 Å². The van der Waals surface area contributed by atoms with Crippen molar-refractivity contribution in [3.8, 4) is 0 Å². The number of amides is 1. The Hall–Kier alpha value is -1.17. The smallest absolute Gasteiger partial charge is 0.245 e. The normalized spacial score (nSPS) is 10.3. The second kappa shape index (κ2) is 5.65. The Bertz CT molecular complexity index is 360. The van der Waals surface area contributed by atoms with Crippen molar-refractivity contribution in [2.24, 2.45) is 5.73 Å². The number of benzene rings is 1. The number of carbonyl (C=O) groups is 1. The van der Waals surface area contributed by atoms with E-state index in [0.29, 0.717) is 10.6 Å². The van der Waals surface area contributed by atoms with E-state index < -0.39 is 11.7 Å². The molecule has 1 amide bonds. The van der Waals surface area contributed by atoms with Crippen LogP contribution in [0, 0.1) is 5.82 Å². The van der Waals surface area contributed by atoms with Crippen LogP contribution in [-0.2, 0) is 16.2 Å². The van der Waals surface area contributed by atoms with E-state index in [-0.39, 0.29) is 13.2 Å². The monoisotopic (exact) mass is 232 g/mol. The number of hydrogen-bond acceptors (Lipinski definition) is 3. The van der Waals surface area contributed by atoms with E-state index in [2.05, 4.69) is 10.3 Å². The van der Waals surface area contributed by atoms with Crippen molar-refractivity contribution in [3.05, 3.63) is 34.6 Å². The lowest BCUT2D eigenvalue weighted by Crippen LogP contribution is -2.24. The van der Waals surface area contributed by atoms with Gasteiger partial charge in [0.05, 0.1) is 0 Å². The molecule has 15 heavy (non-hydrogen) atoms. The zero-order valence-corrected chi connectivity index (χ0v) is 8.55. The molecule has 1 rings (SSSR count). The van der Waals surface area contributed by atoms with E-state index in [4.69, 9.17) is 17.3 Å². The van der Waals surface area contributed by atoms with Crippen molar-refractivity contribution in [2.75, 3.05) is 6.61 Å². The minimum absolute atomic E-state index is 0.111. The Balaban J connectivity index is 2.43. The summed E-state index contributed by atoms with van der Waals surface area (Å²) >= 11 is 5.67. The number of carbonyl (C=O) groups excluding carboxylic acids is 1. The minimum atomic E-state index is -0.603. The average Bonchev–Trinajstić information content (AvgIpc) is 2.17. The summed E-state index contributed by atoms with van der Waals surface area (Å²) < 4.78 is 13.1. The maximum absolute atomic E-state index is 13.1. The molecule has 0 fully saturated rings. The number of hydrogen-bond donors (Lipinski definition) is 2. The molecule has 0 saturated heterocycles. The van der Waals surface area contributed by atoms with Gasteiger partial charge in [-0.3, -0.25) is 9.63 Å². The standard InChI is InChI=1S/C9H10ClFN2O2/c10-7-1-2-8(11)6(3-7)4-13-15-5-9(12)14/h1-3,13H,4-5H2,(H2,12,14). The van der Waals surface area contributed by atoms with Gasteiger partial charge in [0.25, 0.3) is 0 Å². The molecule has 3 N–H and O–H groups in total. The van der Waals surface area contributed by atoms with E-state index in [1.165, 1.54) is 18.2 Å². The predicted octanol–water partition coefficient (Wildman–Crippen LogP) is 0.986. The minimum Gasteiger partial charge on any atom is -0.368 e. The fourth-order valence-corrected chi connectivity index (χ4v) is 1.12. The first-order valence-electron chi connectivity index (χ1n) is 4.16. The van der Waals surface area contributed by atoms with Crippen LogP contribution in [0.25, 0.3) is 0 Å². The molecule has 0 aliphatic carbocycles. The Morgan fingerprint density at radius 1 is 1.60 bits per heavy atom.